The fourth-order valence-corrected chi connectivity index (χ4v) is 5.90. The highest BCUT2D eigenvalue weighted by Gasteiger charge is 2.32. The molecule has 29 heavy (non-hydrogen) atoms. The molecule has 158 valence electrons. The van der Waals surface area contributed by atoms with Crippen LogP contribution < -0.4 is 4.72 Å². The third kappa shape index (κ3) is 5.20. The van der Waals surface area contributed by atoms with Crippen LogP contribution in [0.25, 0.3) is 0 Å². The van der Waals surface area contributed by atoms with E-state index in [1.165, 1.54) is 24.3 Å². The van der Waals surface area contributed by atoms with Crippen LogP contribution in [-0.2, 0) is 10.0 Å². The minimum atomic E-state index is -3.80. The van der Waals surface area contributed by atoms with Gasteiger partial charge in [0.1, 0.15) is 0 Å². The predicted molar refractivity (Wildman–Crippen MR) is 114 cm³/mol. The number of non-ortho nitro benzene ring substituents is 1. The number of hydrogen-bond acceptors (Lipinski definition) is 7. The Morgan fingerprint density at radius 1 is 1.17 bits per heavy atom. The van der Waals surface area contributed by atoms with Crippen LogP contribution in [0.5, 0.6) is 0 Å². The van der Waals surface area contributed by atoms with Gasteiger partial charge in [-0.05, 0) is 37.0 Å². The number of likely N-dealkylation sites (N-methyl/N-ethyl adjacent to an activating group) is 1. The first-order valence-electron chi connectivity index (χ1n) is 9.58. The van der Waals surface area contributed by atoms with Crippen molar-refractivity contribution in [2.45, 2.75) is 30.8 Å². The number of rotatable bonds is 8. The second kappa shape index (κ2) is 9.31. The highest BCUT2D eigenvalue weighted by Crippen LogP contribution is 2.30. The minimum Gasteiger partial charge on any atom is -0.301 e. The van der Waals surface area contributed by atoms with E-state index in [-0.39, 0.29) is 22.7 Å². The lowest BCUT2D eigenvalue weighted by atomic mass is 10.1. The van der Waals surface area contributed by atoms with Crippen LogP contribution in [0.1, 0.15) is 24.8 Å². The van der Waals surface area contributed by atoms with Gasteiger partial charge in [-0.3, -0.25) is 15.0 Å². The molecule has 0 unspecified atom stereocenters. The Morgan fingerprint density at radius 3 is 2.34 bits per heavy atom. The number of nitrogens with zero attached hydrogens (tertiary/aromatic N) is 3. The third-order valence-electron chi connectivity index (χ3n) is 5.25. The Hall–Kier alpha value is -1.85. The Morgan fingerprint density at radius 2 is 1.83 bits per heavy atom. The quantitative estimate of drug-likeness (QED) is 0.503. The van der Waals surface area contributed by atoms with Gasteiger partial charge in [0, 0.05) is 49.2 Å². The van der Waals surface area contributed by atoms with Gasteiger partial charge in [0.15, 0.2) is 0 Å². The molecule has 3 rings (SSSR count). The molecule has 1 saturated heterocycles. The van der Waals surface area contributed by atoms with Gasteiger partial charge >= 0.3 is 0 Å². The van der Waals surface area contributed by atoms with Gasteiger partial charge in [-0.2, -0.15) is 0 Å². The first-order chi connectivity index (χ1) is 13.8. The topological polar surface area (TPSA) is 95.8 Å². The van der Waals surface area contributed by atoms with E-state index < -0.39 is 14.9 Å². The molecule has 1 N–H and O–H groups in total. The molecule has 1 aromatic carbocycles. The van der Waals surface area contributed by atoms with Gasteiger partial charge in [0.05, 0.1) is 15.9 Å². The van der Waals surface area contributed by atoms with Gasteiger partial charge < -0.3 is 4.90 Å². The van der Waals surface area contributed by atoms with Crippen molar-refractivity contribution in [2.75, 3.05) is 32.7 Å². The van der Waals surface area contributed by atoms with E-state index in [4.69, 9.17) is 0 Å². The summed E-state index contributed by atoms with van der Waals surface area (Å²) in [5, 5.41) is 12.8. The summed E-state index contributed by atoms with van der Waals surface area (Å²) in [5.41, 5.74) is -0.137. The Bertz CT molecular complexity index is 908. The van der Waals surface area contributed by atoms with Crippen molar-refractivity contribution in [1.82, 2.24) is 14.5 Å². The van der Waals surface area contributed by atoms with Gasteiger partial charge in [-0.15, -0.1) is 11.3 Å². The van der Waals surface area contributed by atoms with Crippen molar-refractivity contribution in [3.05, 3.63) is 56.8 Å². The molecular formula is C19H26N4O4S2. The number of nitrogens with one attached hydrogen (secondary N) is 1. The summed E-state index contributed by atoms with van der Waals surface area (Å²) in [6, 6.07) is 8.55. The van der Waals surface area contributed by atoms with Gasteiger partial charge in [0.25, 0.3) is 5.69 Å². The summed E-state index contributed by atoms with van der Waals surface area (Å²) in [6.07, 6.45) is 0. The first kappa shape index (κ1) is 21.8. The Kier molecular flexibility index (Phi) is 7.01. The molecule has 0 saturated carbocycles. The predicted octanol–water partition coefficient (Wildman–Crippen LogP) is 2.70. The molecule has 1 aliphatic rings. The highest BCUT2D eigenvalue weighted by atomic mass is 32.2. The second-order valence-electron chi connectivity index (χ2n) is 7.09. The number of nitro benzene ring substituents is 1. The lowest BCUT2D eigenvalue weighted by Gasteiger charge is -2.41. The maximum atomic E-state index is 12.9. The first-order valence-corrected chi connectivity index (χ1v) is 11.9. The van der Waals surface area contributed by atoms with Crippen molar-refractivity contribution in [3.8, 4) is 0 Å². The molecular weight excluding hydrogens is 412 g/mol. The molecule has 2 heterocycles. The standard InChI is InChI=1S/C19H26N4O4S2/c1-3-21-10-12-22(13-11-21)19(18-5-4-14-28-18)15(2)20-29(26,27)17-8-6-16(7-9-17)23(24)25/h4-9,14-15,19-20H,3,10-13H2,1-2H3/t15-,19-/m1/s1. The molecule has 8 nitrogen and oxygen atoms in total. The van der Waals surface area contributed by atoms with Crippen molar-refractivity contribution in [3.63, 3.8) is 0 Å². The zero-order valence-corrected chi connectivity index (χ0v) is 18.2. The average Bonchev–Trinajstić information content (AvgIpc) is 3.22. The fourth-order valence-electron chi connectivity index (χ4n) is 3.68. The number of piperazine rings is 1. The van der Waals surface area contributed by atoms with Crippen molar-refractivity contribution >= 4 is 27.0 Å². The van der Waals surface area contributed by atoms with Crippen molar-refractivity contribution in [2.24, 2.45) is 0 Å². The summed E-state index contributed by atoms with van der Waals surface area (Å²) < 4.78 is 28.5. The Balaban J connectivity index is 1.79. The lowest BCUT2D eigenvalue weighted by molar-refractivity contribution is -0.384. The van der Waals surface area contributed by atoms with E-state index in [1.54, 1.807) is 11.3 Å². The summed E-state index contributed by atoms with van der Waals surface area (Å²) in [6.45, 7) is 8.70. The number of thiophene rings is 1. The summed E-state index contributed by atoms with van der Waals surface area (Å²) >= 11 is 1.62. The number of nitro groups is 1. The SMILES string of the molecule is CCN1CCN([C@@H](c2cccs2)[C@@H](C)NS(=O)(=O)c2ccc([N+](=O)[O-])cc2)CC1. The molecule has 1 aliphatic heterocycles. The molecule has 10 heteroatoms. The smallest absolute Gasteiger partial charge is 0.269 e. The third-order valence-corrected chi connectivity index (χ3v) is 7.77. The summed E-state index contributed by atoms with van der Waals surface area (Å²) in [4.78, 5) is 16.1. The van der Waals surface area contributed by atoms with Crippen LogP contribution in [0, 0.1) is 10.1 Å². The summed E-state index contributed by atoms with van der Waals surface area (Å²) in [7, 11) is -3.80. The minimum absolute atomic E-state index is 0.0238. The molecule has 0 bridgehead atoms. The summed E-state index contributed by atoms with van der Waals surface area (Å²) in [5.74, 6) is 0. The van der Waals surface area contributed by atoms with Crippen LogP contribution in [0.3, 0.4) is 0 Å². The molecule has 2 atom stereocenters. The molecule has 0 radical (unpaired) electrons. The van der Waals surface area contributed by atoms with E-state index in [2.05, 4.69) is 21.4 Å². The Labute approximate surface area is 175 Å². The number of hydrogen-bond donors (Lipinski definition) is 1. The second-order valence-corrected chi connectivity index (χ2v) is 9.78. The molecule has 1 fully saturated rings. The van der Waals surface area contributed by atoms with E-state index in [0.29, 0.717) is 0 Å². The van der Waals surface area contributed by atoms with Crippen LogP contribution in [-0.4, -0.2) is 61.9 Å². The van der Waals surface area contributed by atoms with Crippen LogP contribution >= 0.6 is 11.3 Å². The van der Waals surface area contributed by atoms with Crippen molar-refractivity contribution < 1.29 is 13.3 Å². The maximum Gasteiger partial charge on any atom is 0.269 e. The normalized spacial score (nSPS) is 18.4. The van der Waals surface area contributed by atoms with E-state index in [1.807, 2.05) is 24.4 Å². The van der Waals surface area contributed by atoms with Gasteiger partial charge in [-0.1, -0.05) is 13.0 Å². The molecule has 1 aromatic heterocycles. The maximum absolute atomic E-state index is 12.9. The zero-order chi connectivity index (χ0) is 21.0. The fraction of sp³-hybridized carbons (Fsp3) is 0.474. The molecule has 2 aromatic rings. The van der Waals surface area contributed by atoms with Crippen LogP contribution in [0.4, 0.5) is 5.69 Å². The monoisotopic (exact) mass is 438 g/mol. The van der Waals surface area contributed by atoms with Gasteiger partial charge in [0.2, 0.25) is 10.0 Å². The zero-order valence-electron chi connectivity index (χ0n) is 16.5. The highest BCUT2D eigenvalue weighted by molar-refractivity contribution is 7.89. The van der Waals surface area contributed by atoms with Crippen molar-refractivity contribution in [1.29, 1.82) is 0 Å². The molecule has 0 spiro atoms. The number of benzene rings is 1. The largest absolute Gasteiger partial charge is 0.301 e. The van der Waals surface area contributed by atoms with Crippen LogP contribution in [0.2, 0.25) is 0 Å². The average molecular weight is 439 g/mol. The molecule has 0 aliphatic carbocycles. The van der Waals surface area contributed by atoms with E-state index >= 15 is 0 Å². The van der Waals surface area contributed by atoms with E-state index in [0.717, 1.165) is 37.6 Å². The lowest BCUT2D eigenvalue weighted by Crippen LogP contribution is -2.52. The van der Waals surface area contributed by atoms with Gasteiger partial charge in [-0.25, -0.2) is 13.1 Å². The number of sulfonamides is 1. The van der Waals surface area contributed by atoms with E-state index in [9.17, 15) is 18.5 Å². The molecule has 0 amide bonds. The van der Waals surface area contributed by atoms with Crippen LogP contribution in [0.15, 0.2) is 46.7 Å².